The Bertz CT molecular complexity index is 888. The van der Waals surface area contributed by atoms with Crippen molar-refractivity contribution in [2.24, 2.45) is 0 Å². The molecular weight excluding hydrogens is 334 g/mol. The Balaban J connectivity index is 1.79. The van der Waals surface area contributed by atoms with Crippen LogP contribution < -0.4 is 24.8 Å². The normalized spacial score (nSPS) is 10.1. The van der Waals surface area contributed by atoms with Gasteiger partial charge in [-0.3, -0.25) is 0 Å². The molecule has 0 saturated carbocycles. The van der Waals surface area contributed by atoms with E-state index < -0.39 is 0 Å². The van der Waals surface area contributed by atoms with Gasteiger partial charge in [0.05, 0.1) is 33.2 Å². The number of anilines is 4. The molecule has 134 valence electrons. The second kappa shape index (κ2) is 8.02. The van der Waals surface area contributed by atoms with Gasteiger partial charge < -0.3 is 24.8 Å². The number of ether oxygens (including phenoxy) is 3. The largest absolute Gasteiger partial charge is 0.497 e. The molecule has 0 aliphatic carbocycles. The molecule has 2 N–H and O–H groups in total. The molecule has 0 fully saturated rings. The fraction of sp³-hybridized carbons (Fsp3) is 0.167. The molecule has 0 aliphatic heterocycles. The molecule has 0 bridgehead atoms. The molecule has 0 saturated heterocycles. The zero-order chi connectivity index (χ0) is 18.4. The van der Waals surface area contributed by atoms with Crippen LogP contribution in [0, 0.1) is 0 Å². The van der Waals surface area contributed by atoms with Crippen molar-refractivity contribution in [3.05, 3.63) is 48.7 Å². The first-order valence-electron chi connectivity index (χ1n) is 7.81. The van der Waals surface area contributed by atoms with E-state index in [1.807, 2.05) is 36.4 Å². The van der Waals surface area contributed by atoms with Crippen LogP contribution in [0.25, 0.3) is 0 Å². The van der Waals surface area contributed by atoms with Crippen LogP contribution in [0.5, 0.6) is 17.2 Å². The van der Waals surface area contributed by atoms with Crippen molar-refractivity contribution in [1.82, 2.24) is 15.2 Å². The van der Waals surface area contributed by atoms with E-state index in [4.69, 9.17) is 14.2 Å². The van der Waals surface area contributed by atoms with Crippen LogP contribution in [0.4, 0.5) is 23.1 Å². The minimum absolute atomic E-state index is 0.335. The van der Waals surface area contributed by atoms with Crippen LogP contribution in [-0.4, -0.2) is 36.5 Å². The lowest BCUT2D eigenvalue weighted by atomic mass is 10.2. The van der Waals surface area contributed by atoms with Crippen LogP contribution in [0.2, 0.25) is 0 Å². The number of methoxy groups -OCH3 is 3. The zero-order valence-corrected chi connectivity index (χ0v) is 14.7. The summed E-state index contributed by atoms with van der Waals surface area (Å²) in [5.41, 5.74) is 1.53. The van der Waals surface area contributed by atoms with E-state index in [-0.39, 0.29) is 0 Å². The van der Waals surface area contributed by atoms with Crippen molar-refractivity contribution >= 4 is 23.1 Å². The highest BCUT2D eigenvalue weighted by molar-refractivity contribution is 5.65. The van der Waals surface area contributed by atoms with Crippen LogP contribution in [0.3, 0.4) is 0 Å². The van der Waals surface area contributed by atoms with E-state index in [1.54, 1.807) is 27.4 Å². The Hall–Kier alpha value is -3.55. The Morgan fingerprint density at radius 1 is 0.846 bits per heavy atom. The third-order valence-corrected chi connectivity index (χ3v) is 3.56. The predicted molar refractivity (Wildman–Crippen MR) is 98.9 cm³/mol. The summed E-state index contributed by atoms with van der Waals surface area (Å²) in [6, 6.07) is 12.9. The van der Waals surface area contributed by atoms with Crippen molar-refractivity contribution in [3.63, 3.8) is 0 Å². The second-order valence-electron chi connectivity index (χ2n) is 5.21. The van der Waals surface area contributed by atoms with E-state index in [1.165, 1.54) is 6.20 Å². The topological polar surface area (TPSA) is 90.4 Å². The molecule has 0 amide bonds. The van der Waals surface area contributed by atoms with Gasteiger partial charge in [0.2, 0.25) is 5.95 Å². The molecule has 3 aromatic rings. The highest BCUT2D eigenvalue weighted by Gasteiger charge is 2.08. The first kappa shape index (κ1) is 17.3. The molecule has 0 atom stereocenters. The van der Waals surface area contributed by atoms with E-state index in [0.29, 0.717) is 29.0 Å². The smallest absolute Gasteiger partial charge is 0.249 e. The maximum absolute atomic E-state index is 5.36. The fourth-order valence-electron chi connectivity index (χ4n) is 2.29. The average molecular weight is 353 g/mol. The Kier molecular flexibility index (Phi) is 5.33. The van der Waals surface area contributed by atoms with Gasteiger partial charge in [-0.2, -0.15) is 10.1 Å². The summed E-state index contributed by atoms with van der Waals surface area (Å²) >= 11 is 0. The third-order valence-electron chi connectivity index (χ3n) is 3.56. The Labute approximate surface area is 151 Å². The van der Waals surface area contributed by atoms with Gasteiger partial charge in [0.15, 0.2) is 5.82 Å². The summed E-state index contributed by atoms with van der Waals surface area (Å²) in [5.74, 6) is 2.93. The average Bonchev–Trinajstić information content (AvgIpc) is 2.68. The second-order valence-corrected chi connectivity index (χ2v) is 5.21. The predicted octanol–water partition coefficient (Wildman–Crippen LogP) is 3.38. The SMILES string of the molecule is COc1cccc(Nc2cnnc(Nc3ccc(OC)cc3OC)n2)c1. The van der Waals surface area contributed by atoms with E-state index in [2.05, 4.69) is 25.8 Å². The van der Waals surface area contributed by atoms with Crippen LogP contribution >= 0.6 is 0 Å². The van der Waals surface area contributed by atoms with Crippen LogP contribution in [-0.2, 0) is 0 Å². The monoisotopic (exact) mass is 353 g/mol. The first-order chi connectivity index (χ1) is 12.7. The summed E-state index contributed by atoms with van der Waals surface area (Å²) in [4.78, 5) is 4.41. The van der Waals surface area contributed by atoms with Gasteiger partial charge in [-0.15, -0.1) is 5.10 Å². The minimum Gasteiger partial charge on any atom is -0.497 e. The number of hydrogen-bond donors (Lipinski definition) is 2. The molecule has 3 rings (SSSR count). The molecule has 1 aromatic heterocycles. The molecule has 8 heteroatoms. The van der Waals surface area contributed by atoms with Crippen molar-refractivity contribution in [2.45, 2.75) is 0 Å². The number of nitrogens with one attached hydrogen (secondary N) is 2. The lowest BCUT2D eigenvalue weighted by molar-refractivity contribution is 0.395. The Morgan fingerprint density at radius 2 is 1.65 bits per heavy atom. The van der Waals surface area contributed by atoms with Crippen molar-refractivity contribution in [1.29, 1.82) is 0 Å². The minimum atomic E-state index is 0.335. The molecule has 0 spiro atoms. The summed E-state index contributed by atoms with van der Waals surface area (Å²) < 4.78 is 15.8. The van der Waals surface area contributed by atoms with E-state index in [9.17, 15) is 0 Å². The Morgan fingerprint density at radius 3 is 2.42 bits per heavy atom. The third kappa shape index (κ3) is 4.10. The fourth-order valence-corrected chi connectivity index (χ4v) is 2.29. The highest BCUT2D eigenvalue weighted by Crippen LogP contribution is 2.30. The molecular formula is C18H19N5O3. The number of benzene rings is 2. The van der Waals surface area contributed by atoms with Gasteiger partial charge in [0, 0.05) is 17.8 Å². The molecule has 0 unspecified atom stereocenters. The standard InChI is InChI=1S/C18H19N5O3/c1-24-13-6-4-5-12(9-13)20-17-11-19-23-18(22-17)21-15-8-7-14(25-2)10-16(15)26-3/h4-11H,1-3H3,(H2,20,21,22,23). The highest BCUT2D eigenvalue weighted by atomic mass is 16.5. The first-order valence-corrected chi connectivity index (χ1v) is 7.81. The van der Waals surface area contributed by atoms with E-state index >= 15 is 0 Å². The van der Waals surface area contributed by atoms with Crippen molar-refractivity contribution in [3.8, 4) is 17.2 Å². The molecule has 2 aromatic carbocycles. The van der Waals surface area contributed by atoms with Crippen LogP contribution in [0.15, 0.2) is 48.7 Å². The van der Waals surface area contributed by atoms with E-state index in [0.717, 1.165) is 11.4 Å². The molecule has 26 heavy (non-hydrogen) atoms. The zero-order valence-electron chi connectivity index (χ0n) is 14.7. The van der Waals surface area contributed by atoms with Gasteiger partial charge >= 0.3 is 0 Å². The van der Waals surface area contributed by atoms with Gasteiger partial charge in [0.25, 0.3) is 0 Å². The summed E-state index contributed by atoms with van der Waals surface area (Å²) in [6.45, 7) is 0. The summed E-state index contributed by atoms with van der Waals surface area (Å²) in [5, 5.41) is 14.2. The van der Waals surface area contributed by atoms with Gasteiger partial charge in [0.1, 0.15) is 17.2 Å². The quantitative estimate of drug-likeness (QED) is 0.668. The number of hydrogen-bond acceptors (Lipinski definition) is 8. The summed E-state index contributed by atoms with van der Waals surface area (Å²) in [7, 11) is 4.80. The van der Waals surface area contributed by atoms with Gasteiger partial charge in [-0.25, -0.2) is 0 Å². The molecule has 0 aliphatic rings. The maximum Gasteiger partial charge on any atom is 0.249 e. The lowest BCUT2D eigenvalue weighted by Gasteiger charge is -2.12. The van der Waals surface area contributed by atoms with Gasteiger partial charge in [-0.1, -0.05) is 6.07 Å². The molecule has 1 heterocycles. The number of aromatic nitrogens is 3. The molecule has 8 nitrogen and oxygen atoms in total. The summed E-state index contributed by atoms with van der Waals surface area (Å²) in [6.07, 6.45) is 1.54. The maximum atomic E-state index is 5.36. The molecule has 0 radical (unpaired) electrons. The number of rotatable bonds is 7. The van der Waals surface area contributed by atoms with Crippen molar-refractivity contribution in [2.75, 3.05) is 32.0 Å². The lowest BCUT2D eigenvalue weighted by Crippen LogP contribution is -2.03. The van der Waals surface area contributed by atoms with Crippen molar-refractivity contribution < 1.29 is 14.2 Å². The van der Waals surface area contributed by atoms with Gasteiger partial charge in [-0.05, 0) is 24.3 Å². The van der Waals surface area contributed by atoms with Crippen LogP contribution in [0.1, 0.15) is 0 Å². The number of nitrogens with zero attached hydrogens (tertiary/aromatic N) is 3.